The third-order valence-corrected chi connectivity index (χ3v) is 5.95. The van der Waals surface area contributed by atoms with E-state index in [4.69, 9.17) is 22.1 Å². The lowest BCUT2D eigenvalue weighted by Gasteiger charge is -2.35. The number of anilines is 3. The number of nitrogens with two attached hydrogens (primary N) is 1. The van der Waals surface area contributed by atoms with Crippen molar-refractivity contribution >= 4 is 45.5 Å². The van der Waals surface area contributed by atoms with E-state index in [1.54, 1.807) is 12.1 Å². The van der Waals surface area contributed by atoms with E-state index in [0.717, 1.165) is 37.6 Å². The number of piperazine rings is 1. The first-order chi connectivity index (χ1) is 15.4. The number of rotatable bonds is 6. The average molecular weight is 458 g/mol. The van der Waals surface area contributed by atoms with Gasteiger partial charge in [0.05, 0.1) is 39.8 Å². The number of nitrogens with one attached hydrogen (secondary N) is 1. The molecule has 1 aromatic heterocycles. The van der Waals surface area contributed by atoms with Crippen molar-refractivity contribution in [2.24, 2.45) is 5.73 Å². The predicted octanol–water partition coefficient (Wildman–Crippen LogP) is 4.02. The second kappa shape index (κ2) is 9.18. The molecule has 0 unspecified atom stereocenters. The Bertz CT molecular complexity index is 1160. The van der Waals surface area contributed by atoms with E-state index in [1.807, 2.05) is 19.1 Å². The maximum atomic E-state index is 14.0. The molecule has 1 fully saturated rings. The van der Waals surface area contributed by atoms with Gasteiger partial charge in [0, 0.05) is 43.8 Å². The maximum Gasteiger partial charge on any atom is 0.252 e. The van der Waals surface area contributed by atoms with Gasteiger partial charge in [-0.1, -0.05) is 17.7 Å². The first-order valence-electron chi connectivity index (χ1n) is 10.4. The van der Waals surface area contributed by atoms with Crippen LogP contribution in [-0.4, -0.2) is 55.6 Å². The SMILES string of the molecule is CCOc1cc2ncc(C(N)=O)c(Nc3cccc(F)c3Cl)c2cc1N1CCN(C)CC1. The zero-order chi connectivity index (χ0) is 22.8. The van der Waals surface area contributed by atoms with E-state index in [9.17, 15) is 9.18 Å². The quantitative estimate of drug-likeness (QED) is 0.581. The molecule has 168 valence electrons. The van der Waals surface area contributed by atoms with Crippen LogP contribution in [-0.2, 0) is 0 Å². The van der Waals surface area contributed by atoms with Gasteiger partial charge in [0.1, 0.15) is 11.6 Å². The number of fused-ring (bicyclic) bond motifs is 1. The second-order valence-corrected chi connectivity index (χ2v) is 8.08. The standard InChI is InChI=1S/C23H25ClFN5O2/c1-3-32-20-12-18-14(11-19(20)30-9-7-29(2)8-10-30)22(15(13-27-18)23(26)31)28-17-6-4-5-16(25)21(17)24/h4-6,11-13H,3,7-10H2,1-2H3,(H2,26,31)(H,27,28). The molecule has 0 bridgehead atoms. The van der Waals surface area contributed by atoms with Gasteiger partial charge in [0.15, 0.2) is 0 Å². The molecule has 1 aliphatic rings. The van der Waals surface area contributed by atoms with Crippen LogP contribution in [0.4, 0.5) is 21.5 Å². The van der Waals surface area contributed by atoms with Crippen molar-refractivity contribution in [3.8, 4) is 5.75 Å². The lowest BCUT2D eigenvalue weighted by Crippen LogP contribution is -2.44. The van der Waals surface area contributed by atoms with Gasteiger partial charge in [0.25, 0.3) is 5.91 Å². The van der Waals surface area contributed by atoms with Gasteiger partial charge < -0.3 is 25.6 Å². The topological polar surface area (TPSA) is 83.7 Å². The molecule has 4 rings (SSSR count). The minimum Gasteiger partial charge on any atom is -0.492 e. The van der Waals surface area contributed by atoms with Crippen LogP contribution in [0.15, 0.2) is 36.5 Å². The monoisotopic (exact) mass is 457 g/mol. The Hall–Kier alpha value is -3.10. The zero-order valence-corrected chi connectivity index (χ0v) is 18.7. The summed E-state index contributed by atoms with van der Waals surface area (Å²) >= 11 is 6.16. The molecule has 3 aromatic rings. The van der Waals surface area contributed by atoms with E-state index in [0.29, 0.717) is 28.9 Å². The van der Waals surface area contributed by atoms with E-state index in [-0.39, 0.29) is 10.6 Å². The molecule has 2 aromatic carbocycles. The number of pyridine rings is 1. The molecule has 9 heteroatoms. The second-order valence-electron chi connectivity index (χ2n) is 7.70. The largest absolute Gasteiger partial charge is 0.492 e. The number of halogens is 2. The number of nitrogens with zero attached hydrogens (tertiary/aromatic N) is 3. The van der Waals surface area contributed by atoms with Crippen molar-refractivity contribution < 1.29 is 13.9 Å². The van der Waals surface area contributed by atoms with E-state index in [1.165, 1.54) is 12.3 Å². The molecular weight excluding hydrogens is 433 g/mol. The lowest BCUT2D eigenvalue weighted by atomic mass is 10.1. The lowest BCUT2D eigenvalue weighted by molar-refractivity contribution is 0.100. The van der Waals surface area contributed by atoms with Gasteiger partial charge in [-0.25, -0.2) is 4.39 Å². The van der Waals surface area contributed by atoms with Crippen LogP contribution >= 0.6 is 11.6 Å². The minimum atomic E-state index is -0.649. The maximum absolute atomic E-state index is 14.0. The molecule has 0 radical (unpaired) electrons. The zero-order valence-electron chi connectivity index (χ0n) is 18.0. The summed E-state index contributed by atoms with van der Waals surface area (Å²) in [5.41, 5.74) is 8.10. The molecule has 32 heavy (non-hydrogen) atoms. The number of hydrogen-bond acceptors (Lipinski definition) is 6. The third-order valence-electron chi connectivity index (χ3n) is 5.57. The molecule has 0 aliphatic carbocycles. The molecule has 2 heterocycles. The summed E-state index contributed by atoms with van der Waals surface area (Å²) in [6.07, 6.45) is 1.41. The predicted molar refractivity (Wildman–Crippen MR) is 126 cm³/mol. The van der Waals surface area contributed by atoms with Gasteiger partial charge in [-0.2, -0.15) is 0 Å². The van der Waals surface area contributed by atoms with Crippen molar-refractivity contribution in [1.29, 1.82) is 0 Å². The number of hydrogen-bond donors (Lipinski definition) is 2. The Labute approximate surface area is 190 Å². The minimum absolute atomic E-state index is 0.0712. The Kier molecular flexibility index (Phi) is 6.34. The number of carbonyl (C=O) groups excluding carboxylic acids is 1. The van der Waals surface area contributed by atoms with E-state index >= 15 is 0 Å². The highest BCUT2D eigenvalue weighted by Gasteiger charge is 2.22. The molecule has 1 aliphatic heterocycles. The highest BCUT2D eigenvalue weighted by Crippen LogP contribution is 2.39. The summed E-state index contributed by atoms with van der Waals surface area (Å²) in [6.45, 7) is 5.96. The van der Waals surface area contributed by atoms with E-state index in [2.05, 4.69) is 27.1 Å². The van der Waals surface area contributed by atoms with Crippen molar-refractivity contribution in [1.82, 2.24) is 9.88 Å². The van der Waals surface area contributed by atoms with Crippen molar-refractivity contribution in [3.05, 3.63) is 52.9 Å². The molecule has 7 nitrogen and oxygen atoms in total. The summed E-state index contributed by atoms with van der Waals surface area (Å²) in [6, 6.07) is 8.25. The third kappa shape index (κ3) is 4.28. The van der Waals surface area contributed by atoms with Gasteiger partial charge in [0.2, 0.25) is 0 Å². The smallest absolute Gasteiger partial charge is 0.252 e. The summed E-state index contributed by atoms with van der Waals surface area (Å²) in [5.74, 6) is -0.490. The first-order valence-corrected chi connectivity index (χ1v) is 10.8. The number of benzene rings is 2. The van der Waals surface area contributed by atoms with Crippen LogP contribution in [0.1, 0.15) is 17.3 Å². The Morgan fingerprint density at radius 1 is 1.28 bits per heavy atom. The fourth-order valence-corrected chi connectivity index (χ4v) is 4.00. The number of ether oxygens (including phenoxy) is 1. The van der Waals surface area contributed by atoms with Crippen LogP contribution in [0.3, 0.4) is 0 Å². The van der Waals surface area contributed by atoms with Gasteiger partial charge in [-0.15, -0.1) is 0 Å². The molecule has 0 atom stereocenters. The molecule has 1 saturated heterocycles. The van der Waals surface area contributed by atoms with E-state index < -0.39 is 11.7 Å². The Morgan fingerprint density at radius 3 is 2.72 bits per heavy atom. The van der Waals surface area contributed by atoms with Crippen LogP contribution in [0.2, 0.25) is 5.02 Å². The van der Waals surface area contributed by atoms with Gasteiger partial charge in [-0.05, 0) is 32.2 Å². The first kappa shape index (κ1) is 22.1. The normalized spacial score (nSPS) is 14.6. The molecule has 0 spiro atoms. The van der Waals surface area contributed by atoms with Crippen molar-refractivity contribution in [2.45, 2.75) is 6.92 Å². The average Bonchev–Trinajstić information content (AvgIpc) is 2.77. The molecule has 0 saturated carbocycles. The Balaban J connectivity index is 1.90. The highest BCUT2D eigenvalue weighted by molar-refractivity contribution is 6.33. The number of aromatic nitrogens is 1. The van der Waals surface area contributed by atoms with Crippen molar-refractivity contribution in [3.63, 3.8) is 0 Å². The molecule has 1 amide bonds. The van der Waals surface area contributed by atoms with Crippen molar-refractivity contribution in [2.75, 3.05) is 50.1 Å². The highest BCUT2D eigenvalue weighted by atomic mass is 35.5. The fourth-order valence-electron chi connectivity index (χ4n) is 3.83. The molecule has 3 N–H and O–H groups in total. The number of amides is 1. The number of primary amides is 1. The van der Waals surface area contributed by atoms with Gasteiger partial charge >= 0.3 is 0 Å². The summed E-state index contributed by atoms with van der Waals surface area (Å²) in [7, 11) is 2.09. The van der Waals surface area contributed by atoms with Crippen LogP contribution < -0.4 is 20.7 Å². The Morgan fingerprint density at radius 2 is 2.03 bits per heavy atom. The molecular formula is C23H25ClFN5O2. The van der Waals surface area contributed by atoms with Crippen LogP contribution in [0.25, 0.3) is 10.9 Å². The van der Waals surface area contributed by atoms with Crippen LogP contribution in [0, 0.1) is 5.82 Å². The van der Waals surface area contributed by atoms with Gasteiger partial charge in [-0.3, -0.25) is 9.78 Å². The summed E-state index contributed by atoms with van der Waals surface area (Å²) in [5, 5.41) is 3.71. The number of carbonyl (C=O) groups is 1. The summed E-state index contributed by atoms with van der Waals surface area (Å²) in [4.78, 5) is 21.1. The van der Waals surface area contributed by atoms with Crippen LogP contribution in [0.5, 0.6) is 5.75 Å². The summed E-state index contributed by atoms with van der Waals surface area (Å²) < 4.78 is 19.9. The number of likely N-dealkylation sites (N-methyl/N-ethyl adjacent to an activating group) is 1. The fraction of sp³-hybridized carbons (Fsp3) is 0.304.